The standard InChI is InChI=1S/C13H22N4O/c1-9(2)11-12(14)15-8-16-13(11)17(3)10-4-6-18-7-5-10/h8-10H,4-7H2,1-3H3,(H2,14,15,16). The summed E-state index contributed by atoms with van der Waals surface area (Å²) in [5.74, 6) is 1.88. The second-order valence-corrected chi connectivity index (χ2v) is 5.11. The Morgan fingerprint density at radius 2 is 2.00 bits per heavy atom. The van der Waals surface area contributed by atoms with Gasteiger partial charge in [0.25, 0.3) is 0 Å². The average Bonchev–Trinajstić information content (AvgIpc) is 2.38. The molecule has 1 saturated heterocycles. The molecule has 0 spiro atoms. The first-order chi connectivity index (χ1) is 8.61. The Bertz CT molecular complexity index is 402. The summed E-state index contributed by atoms with van der Waals surface area (Å²) in [6, 6.07) is 0.477. The van der Waals surface area contributed by atoms with Crippen LogP contribution in [-0.4, -0.2) is 36.3 Å². The van der Waals surface area contributed by atoms with Gasteiger partial charge in [-0.25, -0.2) is 9.97 Å². The van der Waals surface area contributed by atoms with E-state index in [4.69, 9.17) is 10.5 Å². The summed E-state index contributed by atoms with van der Waals surface area (Å²) in [5.41, 5.74) is 7.03. The highest BCUT2D eigenvalue weighted by Gasteiger charge is 2.23. The van der Waals surface area contributed by atoms with Crippen molar-refractivity contribution in [3.8, 4) is 0 Å². The smallest absolute Gasteiger partial charge is 0.137 e. The van der Waals surface area contributed by atoms with Crippen molar-refractivity contribution in [2.75, 3.05) is 30.9 Å². The molecule has 1 aliphatic heterocycles. The fourth-order valence-electron chi connectivity index (χ4n) is 2.48. The normalized spacial score (nSPS) is 17.1. The highest BCUT2D eigenvalue weighted by Crippen LogP contribution is 2.30. The predicted octanol–water partition coefficient (Wildman–Crippen LogP) is 1.80. The molecule has 5 heteroatoms. The number of aromatic nitrogens is 2. The van der Waals surface area contributed by atoms with Crippen LogP contribution < -0.4 is 10.6 Å². The molecule has 0 radical (unpaired) electrons. The first-order valence-corrected chi connectivity index (χ1v) is 6.52. The number of rotatable bonds is 3. The van der Waals surface area contributed by atoms with Crippen molar-refractivity contribution < 1.29 is 4.74 Å². The van der Waals surface area contributed by atoms with Gasteiger partial charge in [-0.2, -0.15) is 0 Å². The molecule has 100 valence electrons. The molecule has 1 aromatic heterocycles. The van der Waals surface area contributed by atoms with Gasteiger partial charge in [0.1, 0.15) is 18.0 Å². The Morgan fingerprint density at radius 1 is 1.33 bits per heavy atom. The predicted molar refractivity (Wildman–Crippen MR) is 72.8 cm³/mol. The Kier molecular flexibility index (Phi) is 4.01. The highest BCUT2D eigenvalue weighted by atomic mass is 16.5. The molecule has 5 nitrogen and oxygen atoms in total. The molecule has 0 bridgehead atoms. The minimum absolute atomic E-state index is 0.323. The molecule has 0 aromatic carbocycles. The summed E-state index contributed by atoms with van der Waals surface area (Å²) in [4.78, 5) is 10.8. The van der Waals surface area contributed by atoms with Gasteiger partial charge in [0.05, 0.1) is 0 Å². The number of anilines is 2. The topological polar surface area (TPSA) is 64.3 Å². The maximum absolute atomic E-state index is 5.99. The van der Waals surface area contributed by atoms with Crippen LogP contribution in [0, 0.1) is 0 Å². The summed E-state index contributed by atoms with van der Waals surface area (Å²) in [5, 5.41) is 0. The van der Waals surface area contributed by atoms with Crippen molar-refractivity contribution in [1.29, 1.82) is 0 Å². The van der Waals surface area contributed by atoms with Crippen molar-refractivity contribution in [3.05, 3.63) is 11.9 Å². The SMILES string of the molecule is CC(C)c1c(N)ncnc1N(C)C1CCOCC1. The summed E-state index contributed by atoms with van der Waals surface area (Å²) in [6.07, 6.45) is 3.63. The molecule has 2 rings (SSSR count). The van der Waals surface area contributed by atoms with E-state index >= 15 is 0 Å². The van der Waals surface area contributed by atoms with Gasteiger partial charge in [0.15, 0.2) is 0 Å². The molecule has 0 aliphatic carbocycles. The number of nitrogens with two attached hydrogens (primary N) is 1. The Labute approximate surface area is 108 Å². The van der Waals surface area contributed by atoms with E-state index in [9.17, 15) is 0 Å². The summed E-state index contributed by atoms with van der Waals surface area (Å²) in [6.45, 7) is 5.89. The lowest BCUT2D eigenvalue weighted by atomic mass is 10.0. The lowest BCUT2D eigenvalue weighted by Crippen LogP contribution is -2.38. The Hall–Kier alpha value is -1.36. The maximum Gasteiger partial charge on any atom is 0.137 e. The van der Waals surface area contributed by atoms with Crippen molar-refractivity contribution in [2.45, 2.75) is 38.6 Å². The van der Waals surface area contributed by atoms with Crippen LogP contribution in [0.3, 0.4) is 0 Å². The van der Waals surface area contributed by atoms with E-state index in [1.54, 1.807) is 6.33 Å². The van der Waals surface area contributed by atoms with Crippen molar-refractivity contribution in [3.63, 3.8) is 0 Å². The molecule has 2 heterocycles. The number of ether oxygens (including phenoxy) is 1. The van der Waals surface area contributed by atoms with E-state index < -0.39 is 0 Å². The minimum Gasteiger partial charge on any atom is -0.383 e. The van der Waals surface area contributed by atoms with Gasteiger partial charge in [0.2, 0.25) is 0 Å². The van der Waals surface area contributed by atoms with E-state index in [1.807, 2.05) is 0 Å². The third kappa shape index (κ3) is 2.56. The van der Waals surface area contributed by atoms with E-state index in [-0.39, 0.29) is 0 Å². The van der Waals surface area contributed by atoms with Crippen molar-refractivity contribution in [1.82, 2.24) is 9.97 Å². The lowest BCUT2D eigenvalue weighted by molar-refractivity contribution is 0.0853. The Balaban J connectivity index is 2.28. The van der Waals surface area contributed by atoms with Gasteiger partial charge < -0.3 is 15.4 Å². The minimum atomic E-state index is 0.323. The van der Waals surface area contributed by atoms with Gasteiger partial charge >= 0.3 is 0 Å². The Morgan fingerprint density at radius 3 is 2.61 bits per heavy atom. The van der Waals surface area contributed by atoms with E-state index in [2.05, 4.69) is 35.8 Å². The van der Waals surface area contributed by atoms with Crippen LogP contribution in [0.15, 0.2) is 6.33 Å². The van der Waals surface area contributed by atoms with Gasteiger partial charge in [-0.15, -0.1) is 0 Å². The summed E-state index contributed by atoms with van der Waals surface area (Å²) >= 11 is 0. The zero-order valence-electron chi connectivity index (χ0n) is 11.4. The fraction of sp³-hybridized carbons (Fsp3) is 0.692. The number of nitrogens with zero attached hydrogens (tertiary/aromatic N) is 3. The summed E-state index contributed by atoms with van der Waals surface area (Å²) < 4.78 is 5.40. The summed E-state index contributed by atoms with van der Waals surface area (Å²) in [7, 11) is 2.09. The molecule has 1 aliphatic rings. The van der Waals surface area contributed by atoms with E-state index in [0.717, 1.165) is 37.4 Å². The van der Waals surface area contributed by atoms with Crippen LogP contribution in [0.2, 0.25) is 0 Å². The molecule has 1 fully saturated rings. The first-order valence-electron chi connectivity index (χ1n) is 6.52. The van der Waals surface area contributed by atoms with Gasteiger partial charge in [0, 0.05) is 31.9 Å². The molecule has 0 amide bonds. The van der Waals surface area contributed by atoms with Gasteiger partial charge in [-0.1, -0.05) is 13.8 Å². The van der Waals surface area contributed by atoms with E-state index in [1.165, 1.54) is 0 Å². The van der Waals surface area contributed by atoms with Crippen LogP contribution in [0.1, 0.15) is 38.2 Å². The third-order valence-electron chi connectivity index (χ3n) is 3.54. The second-order valence-electron chi connectivity index (χ2n) is 5.11. The second kappa shape index (κ2) is 5.52. The van der Waals surface area contributed by atoms with E-state index in [0.29, 0.717) is 17.8 Å². The van der Waals surface area contributed by atoms with Crippen molar-refractivity contribution in [2.24, 2.45) is 0 Å². The zero-order valence-corrected chi connectivity index (χ0v) is 11.4. The maximum atomic E-state index is 5.99. The molecule has 2 N–H and O–H groups in total. The quantitative estimate of drug-likeness (QED) is 0.886. The molecule has 0 unspecified atom stereocenters. The van der Waals surface area contributed by atoms with Crippen LogP contribution >= 0.6 is 0 Å². The largest absolute Gasteiger partial charge is 0.383 e. The highest BCUT2D eigenvalue weighted by molar-refractivity contribution is 5.58. The average molecular weight is 250 g/mol. The molecular weight excluding hydrogens is 228 g/mol. The molecule has 0 saturated carbocycles. The number of nitrogen functional groups attached to an aromatic ring is 1. The fourth-order valence-corrected chi connectivity index (χ4v) is 2.48. The van der Waals surface area contributed by atoms with Crippen LogP contribution in [0.25, 0.3) is 0 Å². The van der Waals surface area contributed by atoms with Crippen LogP contribution in [0.4, 0.5) is 11.6 Å². The number of hydrogen-bond acceptors (Lipinski definition) is 5. The van der Waals surface area contributed by atoms with Gasteiger partial charge in [-0.05, 0) is 18.8 Å². The monoisotopic (exact) mass is 250 g/mol. The molecule has 1 aromatic rings. The van der Waals surface area contributed by atoms with Gasteiger partial charge in [-0.3, -0.25) is 0 Å². The van der Waals surface area contributed by atoms with Crippen LogP contribution in [-0.2, 0) is 4.74 Å². The first kappa shape index (κ1) is 13.1. The zero-order chi connectivity index (χ0) is 13.1. The number of hydrogen-bond donors (Lipinski definition) is 1. The van der Waals surface area contributed by atoms with Crippen LogP contribution in [0.5, 0.6) is 0 Å². The third-order valence-corrected chi connectivity index (χ3v) is 3.54. The van der Waals surface area contributed by atoms with Crippen molar-refractivity contribution >= 4 is 11.6 Å². The molecule has 18 heavy (non-hydrogen) atoms. The lowest BCUT2D eigenvalue weighted by Gasteiger charge is -2.33. The molecular formula is C13H22N4O. The molecule has 0 atom stereocenters.